The number of aromatic nitrogens is 2. The van der Waals surface area contributed by atoms with Crippen LogP contribution in [-0.2, 0) is 0 Å². The van der Waals surface area contributed by atoms with Crippen molar-refractivity contribution in [1.29, 1.82) is 5.26 Å². The molecule has 0 saturated heterocycles. The third kappa shape index (κ3) is 2.76. The molecule has 1 aromatic heterocycles. The minimum Gasteiger partial charge on any atom is -0.493 e. The summed E-state index contributed by atoms with van der Waals surface area (Å²) in [6.45, 7) is 2.29. The molecule has 0 saturated carbocycles. The molecule has 2 heterocycles. The molecular weight excluding hydrogens is 324 g/mol. The fraction of sp³-hybridized carbons (Fsp3) is 0.235. The molecule has 128 valence electrons. The van der Waals surface area contributed by atoms with Gasteiger partial charge in [-0.3, -0.25) is 4.79 Å². The smallest absolute Gasteiger partial charge is 0.258 e. The Kier molecular flexibility index (Phi) is 4.31. The number of benzene rings is 1. The number of fused-ring (bicyclic) bond motifs is 1. The van der Waals surface area contributed by atoms with Crippen LogP contribution >= 0.6 is 0 Å². The Morgan fingerprint density at radius 1 is 1.44 bits per heavy atom. The van der Waals surface area contributed by atoms with E-state index in [0.717, 1.165) is 0 Å². The highest BCUT2D eigenvalue weighted by atomic mass is 16.5. The van der Waals surface area contributed by atoms with Gasteiger partial charge in [0.1, 0.15) is 11.6 Å². The Labute approximate surface area is 143 Å². The summed E-state index contributed by atoms with van der Waals surface area (Å²) in [5.74, 6) is 0.349. The van der Waals surface area contributed by atoms with E-state index in [1.54, 1.807) is 18.2 Å². The van der Waals surface area contributed by atoms with Crippen LogP contribution in [-0.4, -0.2) is 23.7 Å². The predicted octanol–water partition coefficient (Wildman–Crippen LogP) is 1.40. The van der Waals surface area contributed by atoms with Crippen molar-refractivity contribution in [3.63, 3.8) is 0 Å². The maximum absolute atomic E-state index is 12.3. The molecule has 0 bridgehead atoms. The molecule has 8 heteroatoms. The number of ether oxygens (including phenoxy) is 3. The average Bonchev–Trinajstić information content (AvgIpc) is 2.61. The van der Waals surface area contributed by atoms with Crippen molar-refractivity contribution in [1.82, 2.24) is 9.97 Å². The summed E-state index contributed by atoms with van der Waals surface area (Å²) in [4.78, 5) is 18.9. The van der Waals surface area contributed by atoms with Crippen LogP contribution in [0.2, 0.25) is 0 Å². The lowest BCUT2D eigenvalue weighted by Gasteiger charge is -2.25. The van der Waals surface area contributed by atoms with E-state index in [-0.39, 0.29) is 22.9 Å². The predicted molar refractivity (Wildman–Crippen MR) is 88.3 cm³/mol. The first-order chi connectivity index (χ1) is 12.1. The number of allylic oxidation sites excluding steroid dienone is 1. The molecule has 1 aromatic carbocycles. The fourth-order valence-electron chi connectivity index (χ4n) is 2.77. The van der Waals surface area contributed by atoms with E-state index < -0.39 is 11.5 Å². The SMILES string of the molecule is CCOc1cc([C@@H]2C(C#N)=C(N)Oc3nc[nH]c(=O)c32)ccc1OC. The lowest BCUT2D eigenvalue weighted by molar-refractivity contribution is 0.310. The molecule has 0 radical (unpaired) electrons. The molecule has 0 amide bonds. The number of hydrogen-bond acceptors (Lipinski definition) is 7. The van der Waals surface area contributed by atoms with Gasteiger partial charge < -0.3 is 24.9 Å². The minimum absolute atomic E-state index is 0.0770. The van der Waals surface area contributed by atoms with E-state index in [2.05, 4.69) is 9.97 Å². The van der Waals surface area contributed by atoms with E-state index in [0.29, 0.717) is 23.7 Å². The van der Waals surface area contributed by atoms with Crippen LogP contribution in [0, 0.1) is 11.3 Å². The zero-order chi connectivity index (χ0) is 18.0. The third-order valence-electron chi connectivity index (χ3n) is 3.84. The van der Waals surface area contributed by atoms with Crippen LogP contribution in [0.25, 0.3) is 0 Å². The van der Waals surface area contributed by atoms with Crippen LogP contribution in [0.1, 0.15) is 24.0 Å². The van der Waals surface area contributed by atoms with Crippen molar-refractivity contribution in [3.05, 3.63) is 57.5 Å². The first-order valence-electron chi connectivity index (χ1n) is 7.56. The van der Waals surface area contributed by atoms with Crippen molar-refractivity contribution in [2.45, 2.75) is 12.8 Å². The summed E-state index contributed by atoms with van der Waals surface area (Å²) in [5, 5.41) is 9.53. The second-order valence-electron chi connectivity index (χ2n) is 5.22. The first-order valence-corrected chi connectivity index (χ1v) is 7.56. The van der Waals surface area contributed by atoms with E-state index in [9.17, 15) is 10.1 Å². The Hall–Kier alpha value is -3.47. The van der Waals surface area contributed by atoms with Gasteiger partial charge in [0.05, 0.1) is 31.5 Å². The molecule has 3 N–H and O–H groups in total. The number of nitrogens with one attached hydrogen (secondary N) is 1. The monoisotopic (exact) mass is 340 g/mol. The molecule has 0 fully saturated rings. The maximum Gasteiger partial charge on any atom is 0.258 e. The van der Waals surface area contributed by atoms with Gasteiger partial charge >= 0.3 is 0 Å². The van der Waals surface area contributed by atoms with Gasteiger partial charge in [0.2, 0.25) is 11.8 Å². The fourth-order valence-corrected chi connectivity index (χ4v) is 2.77. The molecule has 0 spiro atoms. The molecule has 1 atom stereocenters. The molecule has 3 rings (SSSR count). The number of methoxy groups -OCH3 is 1. The third-order valence-corrected chi connectivity index (χ3v) is 3.84. The summed E-state index contributed by atoms with van der Waals surface area (Å²) < 4.78 is 16.2. The quantitative estimate of drug-likeness (QED) is 0.862. The van der Waals surface area contributed by atoms with Gasteiger partial charge in [-0.1, -0.05) is 6.07 Å². The van der Waals surface area contributed by atoms with Crippen molar-refractivity contribution >= 4 is 0 Å². The van der Waals surface area contributed by atoms with Crippen LogP contribution in [0.3, 0.4) is 0 Å². The van der Waals surface area contributed by atoms with Crippen molar-refractivity contribution in [2.24, 2.45) is 5.73 Å². The summed E-state index contributed by atoms with van der Waals surface area (Å²) in [6, 6.07) is 7.21. The van der Waals surface area contributed by atoms with Crippen molar-refractivity contribution < 1.29 is 14.2 Å². The number of aromatic amines is 1. The van der Waals surface area contributed by atoms with E-state index in [4.69, 9.17) is 19.9 Å². The van der Waals surface area contributed by atoms with Crippen LogP contribution in [0.15, 0.2) is 40.8 Å². The number of rotatable bonds is 4. The van der Waals surface area contributed by atoms with Crippen LogP contribution in [0.4, 0.5) is 0 Å². The molecule has 1 aliphatic heterocycles. The molecule has 8 nitrogen and oxygen atoms in total. The lowest BCUT2D eigenvalue weighted by Crippen LogP contribution is -2.28. The largest absolute Gasteiger partial charge is 0.493 e. The standard InChI is InChI=1S/C17H16N4O4/c1-3-24-12-6-9(4-5-11(12)23-2)13-10(7-18)15(19)25-17-14(13)16(22)20-8-21-17/h4-6,8,13H,3,19H2,1-2H3,(H,20,21,22)/t13-/m1/s1. The molecular formula is C17H16N4O4. The Bertz CT molecular complexity index is 942. The summed E-state index contributed by atoms with van der Waals surface area (Å²) >= 11 is 0. The van der Waals surface area contributed by atoms with Crippen molar-refractivity contribution in [3.8, 4) is 23.4 Å². The number of nitrogens with two attached hydrogens (primary N) is 1. The number of nitriles is 1. The molecule has 0 unspecified atom stereocenters. The van der Waals surface area contributed by atoms with Gasteiger partial charge in [-0.25, -0.2) is 4.98 Å². The molecule has 0 aliphatic carbocycles. The highest BCUT2D eigenvalue weighted by Gasteiger charge is 2.34. The summed E-state index contributed by atoms with van der Waals surface area (Å²) in [6.07, 6.45) is 1.22. The van der Waals surface area contributed by atoms with Crippen LogP contribution < -0.4 is 25.5 Å². The Morgan fingerprint density at radius 3 is 2.92 bits per heavy atom. The average molecular weight is 340 g/mol. The minimum atomic E-state index is -0.712. The Morgan fingerprint density at radius 2 is 2.24 bits per heavy atom. The van der Waals surface area contributed by atoms with Gasteiger partial charge in [-0.05, 0) is 24.6 Å². The lowest BCUT2D eigenvalue weighted by atomic mass is 9.85. The Balaban J connectivity index is 2.23. The number of hydrogen-bond donors (Lipinski definition) is 2. The van der Waals surface area contributed by atoms with Gasteiger partial charge in [0.15, 0.2) is 11.5 Å². The zero-order valence-electron chi connectivity index (χ0n) is 13.7. The number of H-pyrrole nitrogens is 1. The van der Waals surface area contributed by atoms with Crippen LogP contribution in [0.5, 0.6) is 17.4 Å². The van der Waals surface area contributed by atoms with E-state index >= 15 is 0 Å². The van der Waals surface area contributed by atoms with Gasteiger partial charge in [0, 0.05) is 0 Å². The molecule has 25 heavy (non-hydrogen) atoms. The normalized spacial score (nSPS) is 15.8. The highest BCUT2D eigenvalue weighted by Crippen LogP contribution is 2.41. The zero-order valence-corrected chi connectivity index (χ0v) is 13.7. The number of nitrogens with zero attached hydrogens (tertiary/aromatic N) is 2. The van der Waals surface area contributed by atoms with Crippen molar-refractivity contribution in [2.75, 3.05) is 13.7 Å². The topological polar surface area (TPSA) is 123 Å². The molecule has 1 aliphatic rings. The first kappa shape index (κ1) is 16.4. The summed E-state index contributed by atoms with van der Waals surface area (Å²) in [7, 11) is 1.54. The molecule has 2 aromatic rings. The van der Waals surface area contributed by atoms with Gasteiger partial charge in [-0.2, -0.15) is 5.26 Å². The van der Waals surface area contributed by atoms with Gasteiger partial charge in [-0.15, -0.1) is 0 Å². The van der Waals surface area contributed by atoms with E-state index in [1.165, 1.54) is 13.4 Å². The second-order valence-corrected chi connectivity index (χ2v) is 5.22. The summed E-state index contributed by atoms with van der Waals surface area (Å²) in [5.41, 5.74) is 6.47. The highest BCUT2D eigenvalue weighted by molar-refractivity contribution is 5.55. The second kappa shape index (κ2) is 6.57. The van der Waals surface area contributed by atoms with E-state index in [1.807, 2.05) is 13.0 Å². The maximum atomic E-state index is 12.3. The van der Waals surface area contributed by atoms with Gasteiger partial charge in [0.25, 0.3) is 5.56 Å².